The highest BCUT2D eigenvalue weighted by molar-refractivity contribution is 5.97. The molecule has 1 unspecified atom stereocenters. The summed E-state index contributed by atoms with van der Waals surface area (Å²) in [5.74, 6) is -0.390. The molecule has 0 fully saturated rings. The largest absolute Gasteiger partial charge is 0.354 e. The van der Waals surface area contributed by atoms with Crippen molar-refractivity contribution in [3.8, 4) is 0 Å². The summed E-state index contributed by atoms with van der Waals surface area (Å²) in [5, 5.41) is 5.59. The maximum Gasteiger partial charge on any atom is 0.251 e. The van der Waals surface area contributed by atoms with Crippen molar-refractivity contribution in [2.45, 2.75) is 33.2 Å². The second-order valence-corrected chi connectivity index (χ2v) is 5.49. The van der Waals surface area contributed by atoms with E-state index in [4.69, 9.17) is 5.73 Å². The third kappa shape index (κ3) is 6.45. The van der Waals surface area contributed by atoms with Gasteiger partial charge in [0.2, 0.25) is 5.91 Å². The van der Waals surface area contributed by atoms with Gasteiger partial charge in [-0.2, -0.15) is 0 Å². The molecule has 0 saturated carbocycles. The Balaban J connectivity index is 0.00000441. The molecule has 1 aromatic carbocycles. The number of hydrogen-bond acceptors (Lipinski definition) is 3. The van der Waals surface area contributed by atoms with Crippen LogP contribution in [0.2, 0.25) is 0 Å². The zero-order chi connectivity index (χ0) is 15.8. The second kappa shape index (κ2) is 10.2. The fourth-order valence-electron chi connectivity index (χ4n) is 1.89. The van der Waals surface area contributed by atoms with Crippen LogP contribution in [0.5, 0.6) is 0 Å². The van der Waals surface area contributed by atoms with Gasteiger partial charge in [-0.15, -0.1) is 12.4 Å². The molecule has 0 aliphatic carbocycles. The molecular weight excluding hydrogens is 302 g/mol. The van der Waals surface area contributed by atoms with Crippen molar-refractivity contribution in [2.24, 2.45) is 11.7 Å². The van der Waals surface area contributed by atoms with Crippen molar-refractivity contribution < 1.29 is 9.59 Å². The highest BCUT2D eigenvalue weighted by Gasteiger charge is 2.24. The second-order valence-electron chi connectivity index (χ2n) is 5.49. The first-order valence-electron chi connectivity index (χ1n) is 7.31. The topological polar surface area (TPSA) is 84.2 Å². The number of benzene rings is 1. The summed E-state index contributed by atoms with van der Waals surface area (Å²) in [6, 6.07) is 6.72. The van der Waals surface area contributed by atoms with Crippen molar-refractivity contribution in [3.63, 3.8) is 0 Å². The van der Waals surface area contributed by atoms with E-state index in [1.165, 1.54) is 0 Å². The number of carbonyl (C=O) groups excluding carboxylic acids is 2. The molecule has 0 heterocycles. The fourth-order valence-corrected chi connectivity index (χ4v) is 1.89. The molecular formula is C16H26ClN3O2. The maximum absolute atomic E-state index is 12.2. The van der Waals surface area contributed by atoms with Crippen LogP contribution in [0.25, 0.3) is 0 Å². The van der Waals surface area contributed by atoms with Gasteiger partial charge in [0, 0.05) is 12.1 Å². The van der Waals surface area contributed by atoms with Crippen molar-refractivity contribution in [1.29, 1.82) is 0 Å². The van der Waals surface area contributed by atoms with E-state index in [0.29, 0.717) is 18.7 Å². The molecule has 1 atom stereocenters. The molecule has 6 heteroatoms. The van der Waals surface area contributed by atoms with Crippen molar-refractivity contribution >= 4 is 24.2 Å². The Morgan fingerprint density at radius 2 is 1.77 bits per heavy atom. The van der Waals surface area contributed by atoms with Gasteiger partial charge in [0.25, 0.3) is 5.91 Å². The van der Waals surface area contributed by atoms with Crippen molar-refractivity contribution in [2.75, 3.05) is 13.1 Å². The summed E-state index contributed by atoms with van der Waals surface area (Å²) in [5.41, 5.74) is 7.04. The van der Waals surface area contributed by atoms with E-state index in [-0.39, 0.29) is 30.1 Å². The molecule has 22 heavy (non-hydrogen) atoms. The predicted octanol–water partition coefficient (Wildman–Crippen LogP) is 1.64. The molecule has 0 spiro atoms. The monoisotopic (exact) mass is 327 g/mol. The highest BCUT2D eigenvalue weighted by atomic mass is 35.5. The molecule has 0 aliphatic heterocycles. The molecule has 0 aromatic heterocycles. The lowest BCUT2D eigenvalue weighted by molar-refractivity contribution is -0.123. The first-order valence-corrected chi connectivity index (χ1v) is 7.31. The average molecular weight is 328 g/mol. The molecule has 124 valence electrons. The number of halogens is 1. The zero-order valence-corrected chi connectivity index (χ0v) is 14.2. The minimum atomic E-state index is -0.545. The van der Waals surface area contributed by atoms with Crippen LogP contribution in [0, 0.1) is 12.8 Å². The third-order valence-electron chi connectivity index (χ3n) is 3.23. The Hall–Kier alpha value is -1.59. The van der Waals surface area contributed by atoms with Gasteiger partial charge in [-0.05, 0) is 37.9 Å². The van der Waals surface area contributed by atoms with Gasteiger partial charge in [-0.1, -0.05) is 31.5 Å². The summed E-state index contributed by atoms with van der Waals surface area (Å²) in [6.45, 7) is 6.83. The van der Waals surface area contributed by atoms with E-state index >= 15 is 0 Å². The maximum atomic E-state index is 12.2. The number of rotatable bonds is 7. The predicted molar refractivity (Wildman–Crippen MR) is 91.2 cm³/mol. The molecule has 1 aromatic rings. The van der Waals surface area contributed by atoms with Crippen LogP contribution in [-0.2, 0) is 4.79 Å². The summed E-state index contributed by atoms with van der Waals surface area (Å²) < 4.78 is 0. The first-order chi connectivity index (χ1) is 9.95. The number of nitrogens with one attached hydrogen (secondary N) is 2. The summed E-state index contributed by atoms with van der Waals surface area (Å²) in [6.07, 6.45) is 0.725. The number of amides is 2. The van der Waals surface area contributed by atoms with E-state index < -0.39 is 6.04 Å². The zero-order valence-electron chi connectivity index (χ0n) is 13.4. The number of aryl methyl sites for hydroxylation is 1. The SMILES string of the molecule is Cc1ccc(C(=O)NC(C(=O)NCCCN)C(C)C)cc1.Cl. The summed E-state index contributed by atoms with van der Waals surface area (Å²) >= 11 is 0. The van der Waals surface area contributed by atoms with Crippen LogP contribution >= 0.6 is 12.4 Å². The normalized spacial score (nSPS) is 11.5. The van der Waals surface area contributed by atoms with Gasteiger partial charge in [0.1, 0.15) is 6.04 Å². The number of carbonyl (C=O) groups is 2. The number of nitrogens with two attached hydrogens (primary N) is 1. The molecule has 5 nitrogen and oxygen atoms in total. The van der Waals surface area contributed by atoms with Gasteiger partial charge in [0.15, 0.2) is 0 Å². The molecule has 2 amide bonds. The van der Waals surface area contributed by atoms with Crippen LogP contribution in [0.15, 0.2) is 24.3 Å². The highest BCUT2D eigenvalue weighted by Crippen LogP contribution is 2.07. The average Bonchev–Trinajstić information content (AvgIpc) is 2.45. The van der Waals surface area contributed by atoms with Gasteiger partial charge >= 0.3 is 0 Å². The van der Waals surface area contributed by atoms with E-state index in [2.05, 4.69) is 10.6 Å². The van der Waals surface area contributed by atoms with E-state index in [9.17, 15) is 9.59 Å². The van der Waals surface area contributed by atoms with Gasteiger partial charge in [-0.25, -0.2) is 0 Å². The number of hydrogen-bond donors (Lipinski definition) is 3. The van der Waals surface area contributed by atoms with Crippen LogP contribution in [-0.4, -0.2) is 30.9 Å². The summed E-state index contributed by atoms with van der Waals surface area (Å²) in [7, 11) is 0. The fraction of sp³-hybridized carbons (Fsp3) is 0.500. The van der Waals surface area contributed by atoms with Gasteiger partial charge < -0.3 is 16.4 Å². The van der Waals surface area contributed by atoms with Crippen molar-refractivity contribution in [1.82, 2.24) is 10.6 Å². The molecule has 0 aliphatic rings. The van der Waals surface area contributed by atoms with Gasteiger partial charge in [-0.3, -0.25) is 9.59 Å². The Morgan fingerprint density at radius 3 is 2.27 bits per heavy atom. The molecule has 1 rings (SSSR count). The molecule has 4 N–H and O–H groups in total. The minimum Gasteiger partial charge on any atom is -0.354 e. The minimum absolute atomic E-state index is 0. The standard InChI is InChI=1S/C16H25N3O2.ClH/c1-11(2)14(16(21)18-10-4-9-17)19-15(20)13-7-5-12(3)6-8-13;/h5-8,11,14H,4,9-10,17H2,1-3H3,(H,18,21)(H,19,20);1H. The van der Waals surface area contributed by atoms with Crippen LogP contribution in [0.1, 0.15) is 36.2 Å². The van der Waals surface area contributed by atoms with E-state index in [1.54, 1.807) is 12.1 Å². The Labute approximate surface area is 138 Å². The molecule has 0 bridgehead atoms. The van der Waals surface area contributed by atoms with Crippen molar-refractivity contribution in [3.05, 3.63) is 35.4 Å². The lowest BCUT2D eigenvalue weighted by Crippen LogP contribution is -2.50. The Kier molecular flexibility index (Phi) is 9.45. The Bertz CT molecular complexity index is 475. The smallest absolute Gasteiger partial charge is 0.251 e. The summed E-state index contributed by atoms with van der Waals surface area (Å²) in [4.78, 5) is 24.3. The lowest BCUT2D eigenvalue weighted by atomic mass is 10.0. The van der Waals surface area contributed by atoms with E-state index in [0.717, 1.165) is 12.0 Å². The van der Waals surface area contributed by atoms with Crippen LogP contribution < -0.4 is 16.4 Å². The molecule has 0 saturated heterocycles. The molecule has 0 radical (unpaired) electrons. The first kappa shape index (κ1) is 20.4. The Morgan fingerprint density at radius 1 is 1.18 bits per heavy atom. The lowest BCUT2D eigenvalue weighted by Gasteiger charge is -2.21. The van der Waals surface area contributed by atoms with E-state index in [1.807, 2.05) is 32.9 Å². The van der Waals surface area contributed by atoms with Crippen LogP contribution in [0.4, 0.5) is 0 Å². The third-order valence-corrected chi connectivity index (χ3v) is 3.23. The van der Waals surface area contributed by atoms with Gasteiger partial charge in [0.05, 0.1) is 0 Å². The van der Waals surface area contributed by atoms with Crippen LogP contribution in [0.3, 0.4) is 0 Å². The quantitative estimate of drug-likeness (QED) is 0.666.